The van der Waals surface area contributed by atoms with Crippen LogP contribution in [0.15, 0.2) is 12.5 Å². The first kappa shape index (κ1) is 11.6. The van der Waals surface area contributed by atoms with Crippen LogP contribution in [0.1, 0.15) is 25.1 Å². The lowest BCUT2D eigenvalue weighted by atomic mass is 10.1. The van der Waals surface area contributed by atoms with Crippen LogP contribution in [-0.2, 0) is 16.4 Å². The highest BCUT2D eigenvalue weighted by molar-refractivity contribution is 7.91. The fourth-order valence-corrected chi connectivity index (χ4v) is 4.01. The van der Waals surface area contributed by atoms with E-state index in [1.165, 1.54) is 0 Å². The molecule has 0 aromatic carbocycles. The minimum Gasteiger partial charge on any atom is -0.333 e. The lowest BCUT2D eigenvalue weighted by Gasteiger charge is -2.13. The van der Waals surface area contributed by atoms with Gasteiger partial charge >= 0.3 is 0 Å². The monoisotopic (exact) mass is 243 g/mol. The quantitative estimate of drug-likeness (QED) is 0.830. The van der Waals surface area contributed by atoms with E-state index in [1.807, 2.05) is 11.5 Å². The maximum absolute atomic E-state index is 11.3. The summed E-state index contributed by atoms with van der Waals surface area (Å²) in [5, 5.41) is 0. The lowest BCUT2D eigenvalue weighted by Crippen LogP contribution is -2.17. The molecule has 1 aliphatic heterocycles. The summed E-state index contributed by atoms with van der Waals surface area (Å²) in [6.45, 7) is 2.61. The van der Waals surface area contributed by atoms with Crippen molar-refractivity contribution in [3.8, 4) is 0 Å². The van der Waals surface area contributed by atoms with Crippen LogP contribution in [0.4, 0.5) is 0 Å². The molecular formula is C10H17N3O2S. The molecule has 2 rings (SSSR count). The largest absolute Gasteiger partial charge is 0.333 e. The molecule has 0 bridgehead atoms. The van der Waals surface area contributed by atoms with E-state index < -0.39 is 9.84 Å². The Balaban J connectivity index is 2.08. The Hall–Kier alpha value is -0.880. The third-order valence-electron chi connectivity index (χ3n) is 2.99. The average Bonchev–Trinajstić information content (AvgIpc) is 2.73. The van der Waals surface area contributed by atoms with Crippen molar-refractivity contribution in [1.29, 1.82) is 0 Å². The highest BCUT2D eigenvalue weighted by atomic mass is 32.2. The Morgan fingerprint density at radius 1 is 1.69 bits per heavy atom. The second-order valence-corrected chi connectivity index (χ2v) is 6.76. The van der Waals surface area contributed by atoms with Gasteiger partial charge in [0.25, 0.3) is 0 Å². The lowest BCUT2D eigenvalue weighted by molar-refractivity contribution is 0.473. The van der Waals surface area contributed by atoms with Crippen molar-refractivity contribution in [2.45, 2.75) is 25.9 Å². The van der Waals surface area contributed by atoms with Crippen LogP contribution in [0.2, 0.25) is 0 Å². The molecule has 6 heteroatoms. The van der Waals surface area contributed by atoms with Crippen molar-refractivity contribution in [2.75, 3.05) is 11.5 Å². The number of rotatable bonds is 3. The van der Waals surface area contributed by atoms with Gasteiger partial charge < -0.3 is 10.3 Å². The maximum atomic E-state index is 11.3. The minimum atomic E-state index is -2.80. The Labute approximate surface area is 95.6 Å². The first-order valence-electron chi connectivity index (χ1n) is 5.44. The number of nitrogens with two attached hydrogens (primary N) is 1. The summed E-state index contributed by atoms with van der Waals surface area (Å²) in [4.78, 5) is 4.06. The summed E-state index contributed by atoms with van der Waals surface area (Å²) in [5.41, 5.74) is 6.77. The van der Waals surface area contributed by atoms with Crippen molar-refractivity contribution < 1.29 is 8.42 Å². The van der Waals surface area contributed by atoms with Gasteiger partial charge in [-0.25, -0.2) is 13.4 Å². The van der Waals surface area contributed by atoms with Crippen molar-refractivity contribution in [3.05, 3.63) is 18.2 Å². The van der Waals surface area contributed by atoms with E-state index in [0.29, 0.717) is 18.1 Å². The van der Waals surface area contributed by atoms with Gasteiger partial charge in [-0.2, -0.15) is 0 Å². The van der Waals surface area contributed by atoms with Gasteiger partial charge in [0.2, 0.25) is 0 Å². The summed E-state index contributed by atoms with van der Waals surface area (Å²) >= 11 is 0. The van der Waals surface area contributed by atoms with Gasteiger partial charge in [-0.15, -0.1) is 0 Å². The van der Waals surface area contributed by atoms with Gasteiger partial charge in [-0.3, -0.25) is 0 Å². The number of sulfone groups is 1. The van der Waals surface area contributed by atoms with Gasteiger partial charge in [0.1, 0.15) is 0 Å². The Morgan fingerprint density at radius 2 is 2.44 bits per heavy atom. The van der Waals surface area contributed by atoms with Gasteiger partial charge in [-0.05, 0) is 19.3 Å². The van der Waals surface area contributed by atoms with Crippen molar-refractivity contribution >= 4 is 9.84 Å². The van der Waals surface area contributed by atoms with Crippen LogP contribution in [-0.4, -0.2) is 29.5 Å². The summed E-state index contributed by atoms with van der Waals surface area (Å²) in [6, 6.07) is -0.0690. The van der Waals surface area contributed by atoms with E-state index in [0.717, 1.165) is 12.1 Å². The molecule has 90 valence electrons. The van der Waals surface area contributed by atoms with Crippen molar-refractivity contribution in [2.24, 2.45) is 11.7 Å². The van der Waals surface area contributed by atoms with Gasteiger partial charge in [0.15, 0.2) is 9.84 Å². The topological polar surface area (TPSA) is 78.0 Å². The van der Waals surface area contributed by atoms with E-state index in [4.69, 9.17) is 5.73 Å². The average molecular weight is 243 g/mol. The van der Waals surface area contributed by atoms with E-state index in [1.54, 1.807) is 12.5 Å². The predicted molar refractivity (Wildman–Crippen MR) is 61.6 cm³/mol. The number of hydrogen-bond donors (Lipinski definition) is 1. The van der Waals surface area contributed by atoms with Crippen LogP contribution in [0.5, 0.6) is 0 Å². The molecule has 1 aromatic heterocycles. The van der Waals surface area contributed by atoms with Crippen molar-refractivity contribution in [1.82, 2.24) is 9.55 Å². The second kappa shape index (κ2) is 4.18. The third-order valence-corrected chi connectivity index (χ3v) is 4.83. The summed E-state index contributed by atoms with van der Waals surface area (Å²) in [6.07, 6.45) is 4.22. The minimum absolute atomic E-state index is 0.0690. The molecule has 2 atom stereocenters. The zero-order chi connectivity index (χ0) is 11.8. The second-order valence-electron chi connectivity index (χ2n) is 4.53. The van der Waals surface area contributed by atoms with E-state index >= 15 is 0 Å². The van der Waals surface area contributed by atoms with Crippen LogP contribution in [0.3, 0.4) is 0 Å². The number of nitrogens with zero attached hydrogens (tertiary/aromatic N) is 2. The maximum Gasteiger partial charge on any atom is 0.150 e. The summed E-state index contributed by atoms with van der Waals surface area (Å²) < 4.78 is 24.6. The molecule has 2 N–H and O–H groups in total. The van der Waals surface area contributed by atoms with Gasteiger partial charge in [-0.1, -0.05) is 0 Å². The van der Waals surface area contributed by atoms with Gasteiger partial charge in [0, 0.05) is 18.8 Å². The predicted octanol–water partition coefficient (Wildman–Crippen LogP) is 0.338. The Kier molecular flexibility index (Phi) is 3.03. The smallest absolute Gasteiger partial charge is 0.150 e. The summed E-state index contributed by atoms with van der Waals surface area (Å²) in [5.74, 6) is 0.820. The van der Waals surface area contributed by atoms with Crippen LogP contribution in [0, 0.1) is 5.92 Å². The molecule has 1 fully saturated rings. The van der Waals surface area contributed by atoms with E-state index in [2.05, 4.69) is 4.98 Å². The zero-order valence-corrected chi connectivity index (χ0v) is 10.2. The first-order valence-corrected chi connectivity index (χ1v) is 7.26. The van der Waals surface area contributed by atoms with E-state index in [9.17, 15) is 8.42 Å². The molecule has 1 aliphatic rings. The summed E-state index contributed by atoms with van der Waals surface area (Å²) in [7, 11) is -2.80. The highest BCUT2D eigenvalue weighted by Gasteiger charge is 2.28. The Bertz CT molecular complexity index is 464. The van der Waals surface area contributed by atoms with E-state index in [-0.39, 0.29) is 12.0 Å². The van der Waals surface area contributed by atoms with Gasteiger partial charge in [0.05, 0.1) is 23.5 Å². The Morgan fingerprint density at radius 3 is 3.00 bits per heavy atom. The third kappa shape index (κ3) is 2.44. The fraction of sp³-hybridized carbons (Fsp3) is 0.700. The molecule has 2 heterocycles. The molecule has 0 amide bonds. The van der Waals surface area contributed by atoms with Crippen LogP contribution < -0.4 is 5.73 Å². The fourth-order valence-electron chi connectivity index (χ4n) is 2.16. The van der Waals surface area contributed by atoms with Crippen molar-refractivity contribution in [3.63, 3.8) is 0 Å². The molecular weight excluding hydrogens is 226 g/mol. The highest BCUT2D eigenvalue weighted by Crippen LogP contribution is 2.21. The first-order chi connectivity index (χ1) is 7.48. The molecule has 0 aliphatic carbocycles. The molecule has 0 spiro atoms. The molecule has 1 saturated heterocycles. The number of imidazole rings is 1. The molecule has 1 unspecified atom stereocenters. The zero-order valence-electron chi connectivity index (χ0n) is 9.33. The SMILES string of the molecule is C[C@@H](N)c1cncn1CC1CCS(=O)(=O)C1. The molecule has 0 saturated carbocycles. The number of hydrogen-bond acceptors (Lipinski definition) is 4. The number of aromatic nitrogens is 2. The van der Waals surface area contributed by atoms with Crippen LogP contribution in [0.25, 0.3) is 0 Å². The van der Waals surface area contributed by atoms with Crippen LogP contribution >= 0.6 is 0 Å². The molecule has 16 heavy (non-hydrogen) atoms. The normalized spacial score (nSPS) is 25.8. The molecule has 5 nitrogen and oxygen atoms in total. The standard InChI is InChI=1S/C10H17N3O2S/c1-8(11)10-4-12-7-13(10)5-9-2-3-16(14,15)6-9/h4,7-9H,2-3,5-6,11H2,1H3/t8-,9?/m1/s1. The molecule has 0 radical (unpaired) electrons. The molecule has 1 aromatic rings.